The Morgan fingerprint density at radius 1 is 1.26 bits per heavy atom. The number of aliphatic hydroxyl groups is 1. The summed E-state index contributed by atoms with van der Waals surface area (Å²) in [5.74, 6) is 0.924. The first-order chi connectivity index (χ1) is 16.5. The Morgan fingerprint density at radius 2 is 1.97 bits per heavy atom. The number of alkyl halides is 3. The molecule has 0 radical (unpaired) electrons. The standard InChI is InChI=1S/C24H22F3N3O3S2/c1-23(2)21(32)29(15-6-5-14(12-28)18(10-15)24(25,26)27)22(34)30(23)16-7-8-19-20(11-16)35-13-17(33-19)4-3-9-31/h5-8,10-11,17,31H,3-4,9,13H2,1-2H3/t17-/m0/s1. The molecule has 35 heavy (non-hydrogen) atoms. The molecule has 1 fully saturated rings. The fourth-order valence-corrected chi connectivity index (χ4v) is 5.75. The number of hydrogen-bond acceptors (Lipinski definition) is 6. The fourth-order valence-electron chi connectivity index (χ4n) is 4.16. The van der Waals surface area contributed by atoms with Crippen LogP contribution in [0.15, 0.2) is 41.3 Å². The van der Waals surface area contributed by atoms with Crippen LogP contribution in [-0.2, 0) is 11.0 Å². The zero-order valence-corrected chi connectivity index (χ0v) is 20.6. The van der Waals surface area contributed by atoms with Gasteiger partial charge in [0.1, 0.15) is 17.4 Å². The number of anilines is 2. The number of ether oxygens (including phenoxy) is 1. The summed E-state index contributed by atoms with van der Waals surface area (Å²) in [5, 5.41) is 18.2. The molecule has 2 aliphatic rings. The zero-order valence-electron chi connectivity index (χ0n) is 18.9. The van der Waals surface area contributed by atoms with E-state index in [1.165, 1.54) is 6.07 Å². The smallest absolute Gasteiger partial charge is 0.417 e. The Hall–Kier alpha value is -2.81. The van der Waals surface area contributed by atoms with Gasteiger partial charge in [-0.05, 0) is 75.3 Å². The molecule has 2 aromatic rings. The molecule has 0 aromatic heterocycles. The highest BCUT2D eigenvalue weighted by molar-refractivity contribution is 7.99. The summed E-state index contributed by atoms with van der Waals surface area (Å²) < 4.78 is 46.6. The Balaban J connectivity index is 1.68. The lowest BCUT2D eigenvalue weighted by Gasteiger charge is -2.31. The number of amides is 1. The number of thiocarbonyl (C=S) groups is 1. The Kier molecular flexibility index (Phi) is 6.74. The predicted octanol–water partition coefficient (Wildman–Crippen LogP) is 5.12. The van der Waals surface area contributed by atoms with E-state index in [4.69, 9.17) is 27.3 Å². The Bertz CT molecular complexity index is 1230. The van der Waals surface area contributed by atoms with Gasteiger partial charge in [-0.1, -0.05) is 0 Å². The van der Waals surface area contributed by atoms with Crippen molar-refractivity contribution in [2.45, 2.75) is 49.4 Å². The van der Waals surface area contributed by atoms with Gasteiger partial charge in [-0.15, -0.1) is 11.8 Å². The summed E-state index contributed by atoms with van der Waals surface area (Å²) in [5.41, 5.74) is -2.25. The molecule has 0 unspecified atom stereocenters. The summed E-state index contributed by atoms with van der Waals surface area (Å²) in [6.45, 7) is 3.42. The topological polar surface area (TPSA) is 76.8 Å². The number of nitrogens with zero attached hydrogens (tertiary/aromatic N) is 3. The highest BCUT2D eigenvalue weighted by Crippen LogP contribution is 2.43. The van der Waals surface area contributed by atoms with Crippen molar-refractivity contribution < 1.29 is 27.8 Å². The number of nitriles is 1. The van der Waals surface area contributed by atoms with Crippen LogP contribution in [0.1, 0.15) is 37.8 Å². The molecule has 1 N–H and O–H groups in total. The van der Waals surface area contributed by atoms with Crippen molar-refractivity contribution in [1.29, 1.82) is 5.26 Å². The molecular formula is C24H22F3N3O3S2. The number of aliphatic hydroxyl groups excluding tert-OH is 1. The van der Waals surface area contributed by atoms with E-state index in [1.54, 1.807) is 48.7 Å². The van der Waals surface area contributed by atoms with E-state index < -0.39 is 28.7 Å². The molecule has 184 valence electrons. The Morgan fingerprint density at radius 3 is 2.63 bits per heavy atom. The third-order valence-electron chi connectivity index (χ3n) is 5.94. The van der Waals surface area contributed by atoms with E-state index in [2.05, 4.69) is 0 Å². The highest BCUT2D eigenvalue weighted by Gasteiger charge is 2.51. The number of hydrogen-bond donors (Lipinski definition) is 1. The van der Waals surface area contributed by atoms with Crippen molar-refractivity contribution in [3.05, 3.63) is 47.5 Å². The molecule has 0 aliphatic carbocycles. The van der Waals surface area contributed by atoms with Gasteiger partial charge in [-0.25, -0.2) is 0 Å². The lowest BCUT2D eigenvalue weighted by molar-refractivity contribution is -0.137. The zero-order chi connectivity index (χ0) is 25.5. The van der Waals surface area contributed by atoms with E-state index >= 15 is 0 Å². The molecule has 0 spiro atoms. The molecule has 2 aliphatic heterocycles. The van der Waals surface area contributed by atoms with Crippen molar-refractivity contribution in [3.8, 4) is 11.8 Å². The van der Waals surface area contributed by atoms with E-state index in [-0.39, 0.29) is 23.5 Å². The third kappa shape index (κ3) is 4.58. The second kappa shape index (κ2) is 9.33. The van der Waals surface area contributed by atoms with Crippen LogP contribution in [0.5, 0.6) is 5.75 Å². The van der Waals surface area contributed by atoms with Crippen molar-refractivity contribution in [2.75, 3.05) is 22.2 Å². The minimum Gasteiger partial charge on any atom is -0.488 e. The van der Waals surface area contributed by atoms with Crippen molar-refractivity contribution in [2.24, 2.45) is 0 Å². The SMILES string of the molecule is CC1(C)C(=O)N(c2ccc(C#N)c(C(F)(F)F)c2)C(=S)N1c1ccc2c(c1)SC[C@H](CCCO)O2. The van der Waals surface area contributed by atoms with Crippen LogP contribution in [0.3, 0.4) is 0 Å². The van der Waals surface area contributed by atoms with Gasteiger partial charge >= 0.3 is 6.18 Å². The monoisotopic (exact) mass is 521 g/mol. The average Bonchev–Trinajstić information content (AvgIpc) is 2.99. The van der Waals surface area contributed by atoms with Crippen molar-refractivity contribution in [1.82, 2.24) is 0 Å². The van der Waals surface area contributed by atoms with Gasteiger partial charge in [0.15, 0.2) is 5.11 Å². The van der Waals surface area contributed by atoms with Gasteiger partial charge in [0, 0.05) is 18.0 Å². The van der Waals surface area contributed by atoms with Crippen molar-refractivity contribution in [3.63, 3.8) is 0 Å². The molecule has 6 nitrogen and oxygen atoms in total. The number of carbonyl (C=O) groups excluding carboxylic acids is 1. The summed E-state index contributed by atoms with van der Waals surface area (Å²) in [4.78, 5) is 16.9. The molecular weight excluding hydrogens is 499 g/mol. The molecule has 0 saturated carbocycles. The van der Waals surface area contributed by atoms with Crippen LogP contribution in [0.25, 0.3) is 0 Å². The normalized spacial score (nSPS) is 19.4. The van der Waals surface area contributed by atoms with E-state index in [9.17, 15) is 18.0 Å². The number of benzene rings is 2. The summed E-state index contributed by atoms with van der Waals surface area (Å²) in [6, 6.07) is 10.1. The molecule has 1 atom stereocenters. The van der Waals surface area contributed by atoms with Crippen LogP contribution in [0.2, 0.25) is 0 Å². The third-order valence-corrected chi connectivity index (χ3v) is 7.48. The first kappa shape index (κ1) is 25.3. The quantitative estimate of drug-likeness (QED) is 0.548. The van der Waals surface area contributed by atoms with Crippen LogP contribution in [0.4, 0.5) is 24.5 Å². The number of thioether (sulfide) groups is 1. The minimum atomic E-state index is -4.76. The Labute approximate surface area is 210 Å². The van der Waals surface area contributed by atoms with E-state index in [0.29, 0.717) is 23.6 Å². The lowest BCUT2D eigenvalue weighted by atomic mass is 10.0. The number of rotatable bonds is 5. The molecule has 1 saturated heterocycles. The van der Waals surface area contributed by atoms with Gasteiger partial charge in [0.05, 0.1) is 27.8 Å². The van der Waals surface area contributed by atoms with Gasteiger partial charge in [-0.2, -0.15) is 18.4 Å². The molecule has 1 amide bonds. The van der Waals surface area contributed by atoms with Crippen molar-refractivity contribution >= 4 is 46.4 Å². The summed E-state index contributed by atoms with van der Waals surface area (Å²) in [7, 11) is 0. The molecule has 2 heterocycles. The van der Waals surface area contributed by atoms with Gasteiger partial charge in [0.2, 0.25) is 0 Å². The maximum Gasteiger partial charge on any atom is 0.417 e. The number of fused-ring (bicyclic) bond motifs is 1. The maximum absolute atomic E-state index is 13.5. The predicted molar refractivity (Wildman–Crippen MR) is 131 cm³/mol. The average molecular weight is 522 g/mol. The maximum atomic E-state index is 13.5. The molecule has 4 rings (SSSR count). The van der Waals surface area contributed by atoms with E-state index in [0.717, 1.165) is 28.3 Å². The van der Waals surface area contributed by atoms with Gasteiger partial charge in [-0.3, -0.25) is 9.69 Å². The molecule has 11 heteroatoms. The molecule has 2 aromatic carbocycles. The summed E-state index contributed by atoms with van der Waals surface area (Å²) in [6.07, 6.45) is -3.38. The first-order valence-corrected chi connectivity index (χ1v) is 12.2. The van der Waals surface area contributed by atoms with Crippen LogP contribution >= 0.6 is 24.0 Å². The lowest BCUT2D eigenvalue weighted by Crippen LogP contribution is -2.44. The summed E-state index contributed by atoms with van der Waals surface area (Å²) >= 11 is 7.19. The van der Waals surface area contributed by atoms with Crippen LogP contribution in [-0.4, -0.2) is 40.1 Å². The van der Waals surface area contributed by atoms with E-state index in [1.807, 2.05) is 6.07 Å². The molecule has 0 bridgehead atoms. The van der Waals surface area contributed by atoms with Gasteiger partial charge < -0.3 is 14.7 Å². The second-order valence-corrected chi connectivity index (χ2v) is 10.1. The highest BCUT2D eigenvalue weighted by atomic mass is 32.2. The van der Waals surface area contributed by atoms with Crippen LogP contribution < -0.4 is 14.5 Å². The van der Waals surface area contributed by atoms with Gasteiger partial charge in [0.25, 0.3) is 5.91 Å². The minimum absolute atomic E-state index is 0.00826. The fraction of sp³-hybridized carbons (Fsp3) is 0.375. The largest absolute Gasteiger partial charge is 0.488 e. The second-order valence-electron chi connectivity index (χ2n) is 8.70. The number of halogens is 3. The number of carbonyl (C=O) groups is 1. The van der Waals surface area contributed by atoms with Crippen LogP contribution in [0, 0.1) is 11.3 Å². The first-order valence-electron chi connectivity index (χ1n) is 10.8.